The van der Waals surface area contributed by atoms with Gasteiger partial charge in [-0.2, -0.15) is 0 Å². The van der Waals surface area contributed by atoms with E-state index >= 15 is 0 Å². The lowest BCUT2D eigenvalue weighted by atomic mass is 10.1. The van der Waals surface area contributed by atoms with Crippen molar-refractivity contribution in [3.8, 4) is 22.8 Å². The minimum absolute atomic E-state index is 0.0693. The maximum atomic E-state index is 11.9. The number of hydrogen-bond acceptors (Lipinski definition) is 8. The lowest BCUT2D eigenvalue weighted by molar-refractivity contribution is 0.0686. The molecule has 10 heteroatoms. The van der Waals surface area contributed by atoms with Crippen LogP contribution in [0.25, 0.3) is 22.8 Å². The third kappa shape index (κ3) is 5.14. The Hall–Kier alpha value is -5.64. The molecule has 1 aliphatic rings. The van der Waals surface area contributed by atoms with Gasteiger partial charge in [-0.25, -0.2) is 39.5 Å². The molecule has 0 radical (unpaired) electrons. The van der Waals surface area contributed by atoms with Gasteiger partial charge in [-0.1, -0.05) is 72.8 Å². The van der Waals surface area contributed by atoms with E-state index in [1.54, 1.807) is 48.6 Å². The van der Waals surface area contributed by atoms with Crippen LogP contribution in [0.1, 0.15) is 20.7 Å². The molecule has 38 heavy (non-hydrogen) atoms. The molecule has 0 aliphatic heterocycles. The van der Waals surface area contributed by atoms with Crippen LogP contribution in [-0.2, 0) is 0 Å². The average molecular weight is 502 g/mol. The van der Waals surface area contributed by atoms with E-state index in [1.165, 1.54) is 12.4 Å². The Labute approximate surface area is 216 Å². The van der Waals surface area contributed by atoms with Gasteiger partial charge in [-0.05, 0) is 12.2 Å². The number of benzene rings is 2. The summed E-state index contributed by atoms with van der Waals surface area (Å²) in [6, 6.07) is 18.2. The molecule has 2 heterocycles. The molecule has 2 aromatic heterocycles. The number of hydrogen-bond donors (Lipinski definition) is 2. The van der Waals surface area contributed by atoms with Crippen molar-refractivity contribution in [2.45, 2.75) is 0 Å². The molecule has 184 valence electrons. The number of carbonyl (C=O) groups is 2. The highest BCUT2D eigenvalue weighted by molar-refractivity contribution is 6.51. The van der Waals surface area contributed by atoms with Crippen molar-refractivity contribution < 1.29 is 19.8 Å². The van der Waals surface area contributed by atoms with Crippen LogP contribution < -0.4 is 0 Å². The van der Waals surface area contributed by atoms with Crippen LogP contribution in [0.15, 0.2) is 107 Å². The SMILES string of the molecule is O=C(O)c1cnc(-c2ccccc2)nc1N=C1C=CC=CC1=Nc1nc(-c2ccccc2)ncc1C(=O)O. The fraction of sp³-hybridized carbons (Fsp3) is 0. The van der Waals surface area contributed by atoms with Gasteiger partial charge in [0.05, 0.1) is 11.4 Å². The molecule has 0 unspecified atom stereocenters. The van der Waals surface area contributed by atoms with Crippen molar-refractivity contribution in [1.29, 1.82) is 0 Å². The fourth-order valence-corrected chi connectivity index (χ4v) is 3.55. The van der Waals surface area contributed by atoms with Crippen LogP contribution in [0.3, 0.4) is 0 Å². The van der Waals surface area contributed by atoms with E-state index in [9.17, 15) is 19.8 Å². The summed E-state index contributed by atoms with van der Waals surface area (Å²) in [5.41, 5.74) is 1.53. The monoisotopic (exact) mass is 502 g/mol. The molecule has 5 rings (SSSR count). The van der Waals surface area contributed by atoms with Gasteiger partial charge >= 0.3 is 11.9 Å². The molecule has 0 saturated carbocycles. The Morgan fingerprint density at radius 2 is 1.00 bits per heavy atom. The Balaban J connectivity index is 1.62. The smallest absolute Gasteiger partial charge is 0.341 e. The predicted molar refractivity (Wildman–Crippen MR) is 141 cm³/mol. The molecular formula is C28H18N6O4. The van der Waals surface area contributed by atoms with Gasteiger partial charge in [0.1, 0.15) is 11.1 Å². The van der Waals surface area contributed by atoms with Gasteiger partial charge in [-0.3, -0.25) is 0 Å². The molecule has 0 amide bonds. The van der Waals surface area contributed by atoms with Crippen LogP contribution in [0.2, 0.25) is 0 Å². The maximum Gasteiger partial charge on any atom is 0.341 e. The Morgan fingerprint density at radius 3 is 1.37 bits per heavy atom. The Morgan fingerprint density at radius 1 is 0.605 bits per heavy atom. The van der Waals surface area contributed by atoms with Crippen LogP contribution >= 0.6 is 0 Å². The summed E-state index contributed by atoms with van der Waals surface area (Å²) in [5, 5.41) is 19.4. The first-order valence-electron chi connectivity index (χ1n) is 11.3. The number of nitrogens with zero attached hydrogens (tertiary/aromatic N) is 6. The second-order valence-electron chi connectivity index (χ2n) is 7.92. The summed E-state index contributed by atoms with van der Waals surface area (Å²) in [4.78, 5) is 49.9. The highest BCUT2D eigenvalue weighted by Gasteiger charge is 2.19. The third-order valence-corrected chi connectivity index (χ3v) is 5.40. The zero-order chi connectivity index (χ0) is 26.5. The molecule has 0 saturated heterocycles. The van der Waals surface area contributed by atoms with Crippen LogP contribution in [0.4, 0.5) is 11.6 Å². The van der Waals surface area contributed by atoms with Gasteiger partial charge in [-0.15, -0.1) is 0 Å². The highest BCUT2D eigenvalue weighted by Crippen LogP contribution is 2.25. The Kier molecular flexibility index (Phi) is 6.68. The molecule has 10 nitrogen and oxygen atoms in total. The fourth-order valence-electron chi connectivity index (χ4n) is 3.55. The van der Waals surface area contributed by atoms with E-state index in [1.807, 2.05) is 36.4 Å². The first kappa shape index (κ1) is 24.1. The van der Waals surface area contributed by atoms with Crippen molar-refractivity contribution >= 4 is 35.0 Å². The molecule has 2 N–H and O–H groups in total. The van der Waals surface area contributed by atoms with E-state index in [0.29, 0.717) is 22.8 Å². The van der Waals surface area contributed by atoms with E-state index in [-0.39, 0.29) is 34.2 Å². The van der Waals surface area contributed by atoms with Gasteiger partial charge in [0, 0.05) is 23.5 Å². The summed E-state index contributed by atoms with van der Waals surface area (Å²) in [7, 11) is 0. The first-order valence-corrected chi connectivity index (χ1v) is 11.3. The summed E-state index contributed by atoms with van der Waals surface area (Å²) < 4.78 is 0. The molecule has 4 aromatic rings. The van der Waals surface area contributed by atoms with Gasteiger partial charge in [0.25, 0.3) is 0 Å². The van der Waals surface area contributed by atoms with Crippen molar-refractivity contribution in [2.75, 3.05) is 0 Å². The first-order chi connectivity index (χ1) is 18.5. The van der Waals surface area contributed by atoms with Gasteiger partial charge < -0.3 is 10.2 Å². The normalized spacial score (nSPS) is 14.6. The topological polar surface area (TPSA) is 151 Å². The van der Waals surface area contributed by atoms with Crippen LogP contribution in [0.5, 0.6) is 0 Å². The van der Waals surface area contributed by atoms with E-state index in [4.69, 9.17) is 0 Å². The van der Waals surface area contributed by atoms with Crippen molar-refractivity contribution in [3.05, 3.63) is 108 Å². The number of aromatic nitrogens is 4. The second kappa shape index (κ2) is 10.5. The van der Waals surface area contributed by atoms with Crippen molar-refractivity contribution in [1.82, 2.24) is 19.9 Å². The molecule has 0 atom stereocenters. The van der Waals surface area contributed by atoms with E-state index in [2.05, 4.69) is 29.9 Å². The number of aliphatic imine (C=N–C) groups is 2. The number of carboxylic acids is 2. The molecule has 0 spiro atoms. The van der Waals surface area contributed by atoms with Crippen molar-refractivity contribution in [2.24, 2.45) is 9.98 Å². The van der Waals surface area contributed by atoms with E-state index in [0.717, 1.165) is 0 Å². The molecule has 2 aromatic carbocycles. The highest BCUT2D eigenvalue weighted by atomic mass is 16.4. The van der Waals surface area contributed by atoms with Crippen LogP contribution in [-0.4, -0.2) is 53.5 Å². The molecular weight excluding hydrogens is 484 g/mol. The summed E-state index contributed by atoms with van der Waals surface area (Å²) >= 11 is 0. The van der Waals surface area contributed by atoms with E-state index < -0.39 is 11.9 Å². The minimum atomic E-state index is -1.24. The zero-order valence-electron chi connectivity index (χ0n) is 19.6. The summed E-state index contributed by atoms with van der Waals surface area (Å²) in [5.74, 6) is -2.01. The molecule has 1 aliphatic carbocycles. The lowest BCUT2D eigenvalue weighted by Gasteiger charge is -2.10. The van der Waals surface area contributed by atoms with Crippen LogP contribution in [0, 0.1) is 0 Å². The predicted octanol–water partition coefficient (Wildman–Crippen LogP) is 4.97. The second-order valence-corrected chi connectivity index (χ2v) is 7.92. The summed E-state index contributed by atoms with van der Waals surface area (Å²) in [6.45, 7) is 0. The number of carboxylic acid groups (broad SMARTS) is 2. The standard InChI is InChI=1S/C28H18N6O4/c35-27(36)19-15-29-23(17-9-3-1-4-10-17)33-25(19)31-21-13-7-8-14-22(21)32-26-20(28(37)38)16-30-24(34-26)18-11-5-2-6-12-18/h1-16H,(H,35,36)(H,37,38). The number of rotatable bonds is 6. The lowest BCUT2D eigenvalue weighted by Crippen LogP contribution is -2.13. The minimum Gasteiger partial charge on any atom is -0.477 e. The Bertz CT molecular complexity index is 1540. The zero-order valence-corrected chi connectivity index (χ0v) is 19.6. The molecule has 0 fully saturated rings. The molecule has 0 bridgehead atoms. The largest absolute Gasteiger partial charge is 0.477 e. The average Bonchev–Trinajstić information content (AvgIpc) is 2.94. The van der Waals surface area contributed by atoms with Gasteiger partial charge in [0.15, 0.2) is 23.3 Å². The quantitative estimate of drug-likeness (QED) is 0.351. The third-order valence-electron chi connectivity index (χ3n) is 5.40. The number of allylic oxidation sites excluding steroid dienone is 4. The van der Waals surface area contributed by atoms with Gasteiger partial charge in [0.2, 0.25) is 0 Å². The van der Waals surface area contributed by atoms with Crippen molar-refractivity contribution in [3.63, 3.8) is 0 Å². The summed E-state index contributed by atoms with van der Waals surface area (Å²) in [6.07, 6.45) is 9.05. The maximum absolute atomic E-state index is 11.9. The number of aromatic carboxylic acids is 2.